The van der Waals surface area contributed by atoms with Gasteiger partial charge in [0.05, 0.1) is 24.4 Å². The Morgan fingerprint density at radius 2 is 1.97 bits per heavy atom. The maximum atomic E-state index is 14.5. The second-order valence-corrected chi connectivity index (χ2v) is 6.61. The van der Waals surface area contributed by atoms with Gasteiger partial charge in [0.15, 0.2) is 17.3 Å². The minimum Gasteiger partial charge on any atom is -0.494 e. The summed E-state index contributed by atoms with van der Waals surface area (Å²) < 4.78 is 25.1. The number of carbonyl (C=O) groups is 1. The van der Waals surface area contributed by atoms with Crippen LogP contribution in [0.15, 0.2) is 42.7 Å². The van der Waals surface area contributed by atoms with E-state index in [9.17, 15) is 19.3 Å². The van der Waals surface area contributed by atoms with E-state index in [0.29, 0.717) is 5.56 Å². The number of hydrogen-bond acceptors (Lipinski definition) is 8. The lowest BCUT2D eigenvalue weighted by Gasteiger charge is -2.12. The molecule has 3 aromatic rings. The average molecular weight is 441 g/mol. The lowest BCUT2D eigenvalue weighted by molar-refractivity contribution is -0.384. The number of amides is 1. The van der Waals surface area contributed by atoms with Gasteiger partial charge in [0.2, 0.25) is 5.95 Å². The third kappa shape index (κ3) is 4.89. The van der Waals surface area contributed by atoms with Crippen LogP contribution < -0.4 is 20.1 Å². The molecular weight excluding hydrogens is 421 g/mol. The second kappa shape index (κ2) is 9.69. The topological polar surface area (TPSA) is 129 Å². The van der Waals surface area contributed by atoms with E-state index in [1.165, 1.54) is 44.8 Å². The van der Waals surface area contributed by atoms with Crippen molar-refractivity contribution in [3.63, 3.8) is 0 Å². The average Bonchev–Trinajstić information content (AvgIpc) is 2.79. The molecule has 11 heteroatoms. The number of aromatic nitrogens is 2. The van der Waals surface area contributed by atoms with Crippen molar-refractivity contribution in [1.29, 1.82) is 0 Å². The smallest absolute Gasteiger partial charge is 0.293 e. The van der Waals surface area contributed by atoms with Gasteiger partial charge in [-0.2, -0.15) is 0 Å². The van der Waals surface area contributed by atoms with Crippen molar-refractivity contribution in [3.05, 3.63) is 75.3 Å². The number of anilines is 2. The molecule has 0 aliphatic heterocycles. The molecule has 0 aliphatic carbocycles. The zero-order valence-corrected chi connectivity index (χ0v) is 17.5. The summed E-state index contributed by atoms with van der Waals surface area (Å²) in [4.78, 5) is 30.8. The first kappa shape index (κ1) is 22.4. The van der Waals surface area contributed by atoms with Crippen LogP contribution in [0.2, 0.25) is 0 Å². The Morgan fingerprint density at radius 3 is 2.59 bits per heavy atom. The summed E-state index contributed by atoms with van der Waals surface area (Å²) in [5, 5.41) is 16.5. The largest absolute Gasteiger partial charge is 0.494 e. The SMILES string of the molecule is CNC(=O)c1cc(COc2cnc(Nc3c(C)cccc3[N+](=O)[O-])nc2)c(F)c(OC)c1. The zero-order valence-electron chi connectivity index (χ0n) is 17.5. The summed E-state index contributed by atoms with van der Waals surface area (Å²) in [6.45, 7) is 1.52. The molecule has 0 atom stereocenters. The molecule has 2 aromatic carbocycles. The van der Waals surface area contributed by atoms with Gasteiger partial charge in [-0.15, -0.1) is 0 Å². The van der Waals surface area contributed by atoms with Crippen LogP contribution in [0.25, 0.3) is 0 Å². The van der Waals surface area contributed by atoms with Crippen molar-refractivity contribution < 1.29 is 23.6 Å². The fraction of sp³-hybridized carbons (Fsp3) is 0.190. The fourth-order valence-corrected chi connectivity index (χ4v) is 2.88. The number of rotatable bonds is 8. The lowest BCUT2D eigenvalue weighted by atomic mass is 10.1. The van der Waals surface area contributed by atoms with Gasteiger partial charge in [-0.25, -0.2) is 14.4 Å². The first-order chi connectivity index (χ1) is 15.3. The molecule has 2 N–H and O–H groups in total. The second-order valence-electron chi connectivity index (χ2n) is 6.61. The number of nitrogens with one attached hydrogen (secondary N) is 2. The molecule has 0 fully saturated rings. The van der Waals surface area contributed by atoms with Crippen LogP contribution in [0.5, 0.6) is 11.5 Å². The summed E-state index contributed by atoms with van der Waals surface area (Å²) >= 11 is 0. The molecule has 32 heavy (non-hydrogen) atoms. The normalized spacial score (nSPS) is 10.4. The highest BCUT2D eigenvalue weighted by Gasteiger charge is 2.17. The van der Waals surface area contributed by atoms with Crippen molar-refractivity contribution in [2.24, 2.45) is 0 Å². The van der Waals surface area contributed by atoms with Gasteiger partial charge in [-0.3, -0.25) is 14.9 Å². The van der Waals surface area contributed by atoms with Crippen molar-refractivity contribution in [1.82, 2.24) is 15.3 Å². The molecular formula is C21H20FN5O5. The third-order valence-corrected chi connectivity index (χ3v) is 4.53. The third-order valence-electron chi connectivity index (χ3n) is 4.53. The van der Waals surface area contributed by atoms with Crippen LogP contribution in [0.1, 0.15) is 21.5 Å². The highest BCUT2D eigenvalue weighted by atomic mass is 19.1. The number of benzene rings is 2. The predicted octanol–water partition coefficient (Wildman–Crippen LogP) is 3.52. The zero-order chi connectivity index (χ0) is 23.3. The van der Waals surface area contributed by atoms with Crippen molar-refractivity contribution in [2.45, 2.75) is 13.5 Å². The van der Waals surface area contributed by atoms with Gasteiger partial charge in [0.25, 0.3) is 11.6 Å². The van der Waals surface area contributed by atoms with Crippen molar-refractivity contribution >= 4 is 23.2 Å². The maximum absolute atomic E-state index is 14.5. The van der Waals surface area contributed by atoms with Gasteiger partial charge in [0, 0.05) is 24.2 Å². The van der Waals surface area contributed by atoms with Crippen LogP contribution >= 0.6 is 0 Å². The predicted molar refractivity (Wildman–Crippen MR) is 114 cm³/mol. The number of halogens is 1. The van der Waals surface area contributed by atoms with Crippen molar-refractivity contribution in [3.8, 4) is 11.5 Å². The minimum absolute atomic E-state index is 0.0830. The number of ether oxygens (including phenoxy) is 2. The molecule has 1 heterocycles. The van der Waals surface area contributed by atoms with Gasteiger partial charge in [-0.1, -0.05) is 12.1 Å². The number of para-hydroxylation sites is 1. The Morgan fingerprint density at radius 1 is 1.25 bits per heavy atom. The van der Waals surface area contributed by atoms with Crippen LogP contribution in [0.4, 0.5) is 21.7 Å². The highest BCUT2D eigenvalue weighted by molar-refractivity contribution is 5.94. The molecule has 0 bridgehead atoms. The Hall–Kier alpha value is -4.28. The monoisotopic (exact) mass is 441 g/mol. The number of nitro groups is 1. The fourth-order valence-electron chi connectivity index (χ4n) is 2.88. The molecule has 0 unspecified atom stereocenters. The summed E-state index contributed by atoms with van der Waals surface area (Å²) in [6.07, 6.45) is 2.69. The van der Waals surface area contributed by atoms with E-state index < -0.39 is 16.6 Å². The molecule has 1 aromatic heterocycles. The summed E-state index contributed by atoms with van der Waals surface area (Å²) in [5.41, 5.74) is 1.17. The summed E-state index contributed by atoms with van der Waals surface area (Å²) in [6, 6.07) is 7.35. The molecule has 0 saturated carbocycles. The quantitative estimate of drug-likeness (QED) is 0.401. The van der Waals surface area contributed by atoms with Gasteiger partial charge >= 0.3 is 0 Å². The number of carbonyl (C=O) groups excluding carboxylic acids is 1. The summed E-state index contributed by atoms with van der Waals surface area (Å²) in [5.74, 6) is -0.761. The Bertz CT molecular complexity index is 1150. The summed E-state index contributed by atoms with van der Waals surface area (Å²) in [7, 11) is 2.77. The highest BCUT2D eigenvalue weighted by Crippen LogP contribution is 2.30. The molecule has 1 amide bonds. The van der Waals surface area contributed by atoms with Gasteiger partial charge < -0.3 is 20.1 Å². The Labute approximate surface area is 182 Å². The van der Waals surface area contributed by atoms with Crippen LogP contribution in [-0.4, -0.2) is 35.0 Å². The van der Waals surface area contributed by atoms with Crippen LogP contribution in [0.3, 0.4) is 0 Å². The van der Waals surface area contributed by atoms with Gasteiger partial charge in [-0.05, 0) is 24.6 Å². The Kier molecular flexibility index (Phi) is 6.78. The minimum atomic E-state index is -0.647. The van der Waals surface area contributed by atoms with E-state index in [-0.39, 0.29) is 46.6 Å². The van der Waals surface area contributed by atoms with E-state index in [4.69, 9.17) is 9.47 Å². The first-order valence-electron chi connectivity index (χ1n) is 9.38. The van der Waals surface area contributed by atoms with E-state index in [0.717, 1.165) is 0 Å². The van der Waals surface area contributed by atoms with E-state index in [1.54, 1.807) is 19.1 Å². The van der Waals surface area contributed by atoms with E-state index in [1.807, 2.05) is 0 Å². The standard InChI is InChI=1S/C21H20FN5O5/c1-12-5-4-6-16(27(29)30)19(12)26-21-24-9-15(10-25-21)32-11-14-7-13(20(28)23-2)8-17(31-3)18(14)22/h4-10H,11H2,1-3H3,(H,23,28)(H,24,25,26). The van der Waals surface area contributed by atoms with Crippen molar-refractivity contribution in [2.75, 3.05) is 19.5 Å². The molecule has 0 radical (unpaired) electrons. The van der Waals surface area contributed by atoms with Crippen LogP contribution in [0, 0.1) is 22.9 Å². The number of nitrogens with zero attached hydrogens (tertiary/aromatic N) is 3. The number of aryl methyl sites for hydroxylation is 1. The first-order valence-corrected chi connectivity index (χ1v) is 9.38. The number of nitro benzene ring substituents is 1. The van der Waals surface area contributed by atoms with E-state index in [2.05, 4.69) is 20.6 Å². The van der Waals surface area contributed by atoms with Crippen LogP contribution in [-0.2, 0) is 6.61 Å². The van der Waals surface area contributed by atoms with Gasteiger partial charge in [0.1, 0.15) is 12.3 Å². The molecule has 10 nitrogen and oxygen atoms in total. The maximum Gasteiger partial charge on any atom is 0.293 e. The molecule has 3 rings (SSSR count). The number of hydrogen-bond donors (Lipinski definition) is 2. The molecule has 0 aliphatic rings. The number of methoxy groups -OCH3 is 1. The van der Waals surface area contributed by atoms with E-state index >= 15 is 0 Å². The lowest BCUT2D eigenvalue weighted by Crippen LogP contribution is -2.18. The molecule has 0 spiro atoms. The molecule has 0 saturated heterocycles. The Balaban J connectivity index is 1.75. The molecule has 166 valence electrons.